The highest BCUT2D eigenvalue weighted by Gasteiger charge is 2.35. The third-order valence-corrected chi connectivity index (χ3v) is 4.61. The molecule has 0 nitrogen and oxygen atoms in total. The molecule has 0 bridgehead atoms. The first-order chi connectivity index (χ1) is 11.4. The van der Waals surface area contributed by atoms with Gasteiger partial charge in [0.1, 0.15) is 4.87 Å². The van der Waals surface area contributed by atoms with Crippen LogP contribution in [0.1, 0.15) is 22.3 Å². The normalized spacial score (nSPS) is 12.2. The molecule has 0 aromatic heterocycles. The first-order valence-corrected chi connectivity index (χ1v) is 7.78. The summed E-state index contributed by atoms with van der Waals surface area (Å²) >= 11 is 7.00. The molecule has 0 N–H and O–H groups in total. The van der Waals surface area contributed by atoms with E-state index >= 15 is 0 Å². The van der Waals surface area contributed by atoms with Crippen LogP contribution >= 0.6 is 11.6 Å². The fraction of sp³-hybridized carbons (Fsp3) is 0.100. The van der Waals surface area contributed by atoms with Crippen LogP contribution in [-0.4, -0.2) is 0 Å². The highest BCUT2D eigenvalue weighted by molar-refractivity contribution is 6.28. The highest BCUT2D eigenvalue weighted by atomic mass is 35.5. The smallest absolute Gasteiger partial charge is 0.166 e. The van der Waals surface area contributed by atoms with Crippen LogP contribution in [0.3, 0.4) is 0 Å². The van der Waals surface area contributed by atoms with Gasteiger partial charge in [0.15, 0.2) is 0 Å². The van der Waals surface area contributed by atoms with Gasteiger partial charge in [-0.1, -0.05) is 72.8 Å². The van der Waals surface area contributed by atoms with Crippen LogP contribution in [0.5, 0.6) is 0 Å². The molecule has 4 heteroatoms. The zero-order valence-corrected chi connectivity index (χ0v) is 13.4. The molecule has 3 rings (SSSR count). The minimum absolute atomic E-state index is 0.592. The fourth-order valence-electron chi connectivity index (χ4n) is 2.72. The summed E-state index contributed by atoms with van der Waals surface area (Å²) in [5.74, 6) is 0. The molecular weight excluding hydrogens is 333 g/mol. The van der Waals surface area contributed by atoms with Crippen molar-refractivity contribution in [2.24, 2.45) is 0 Å². The van der Waals surface area contributed by atoms with Crippen molar-refractivity contribution < 1.29 is 13.2 Å². The molecule has 122 valence electrons. The molecule has 0 atom stereocenters. The van der Waals surface area contributed by atoms with E-state index in [-0.39, 0.29) is 0 Å². The van der Waals surface area contributed by atoms with Crippen molar-refractivity contribution in [2.75, 3.05) is 0 Å². The van der Waals surface area contributed by atoms with E-state index in [9.17, 15) is 13.2 Å². The Labute approximate surface area is 143 Å². The molecule has 24 heavy (non-hydrogen) atoms. The van der Waals surface area contributed by atoms with Crippen LogP contribution in [0.15, 0.2) is 84.9 Å². The number of hydrogen-bond acceptors (Lipinski definition) is 0. The minimum Gasteiger partial charge on any atom is -0.166 e. The lowest BCUT2D eigenvalue weighted by molar-refractivity contribution is -0.137. The predicted octanol–water partition coefficient (Wildman–Crippen LogP) is 6.24. The second-order valence-corrected chi connectivity index (χ2v) is 6.03. The summed E-state index contributed by atoms with van der Waals surface area (Å²) < 4.78 is 38.5. The molecule has 0 saturated heterocycles. The van der Waals surface area contributed by atoms with E-state index < -0.39 is 16.6 Å². The Bertz CT molecular complexity index is 754. The molecular formula is C20H14ClF3. The highest BCUT2D eigenvalue weighted by Crippen LogP contribution is 2.43. The summed E-state index contributed by atoms with van der Waals surface area (Å²) in [7, 11) is 0. The van der Waals surface area contributed by atoms with Gasteiger partial charge in [-0.2, -0.15) is 13.2 Å². The van der Waals surface area contributed by atoms with Crippen molar-refractivity contribution >= 4 is 11.6 Å². The van der Waals surface area contributed by atoms with E-state index in [1.54, 1.807) is 0 Å². The summed E-state index contributed by atoms with van der Waals surface area (Å²) in [6.45, 7) is 0. The Morgan fingerprint density at radius 1 is 0.500 bits per heavy atom. The van der Waals surface area contributed by atoms with Crippen molar-refractivity contribution in [3.05, 3.63) is 107 Å². The molecule has 0 fully saturated rings. The first kappa shape index (κ1) is 16.6. The molecule has 0 aliphatic carbocycles. The number of alkyl halides is 4. The molecule has 0 saturated carbocycles. The van der Waals surface area contributed by atoms with Crippen LogP contribution in [0.25, 0.3) is 0 Å². The predicted molar refractivity (Wildman–Crippen MR) is 90.1 cm³/mol. The second kappa shape index (κ2) is 6.33. The van der Waals surface area contributed by atoms with E-state index in [0.29, 0.717) is 5.56 Å². The third-order valence-electron chi connectivity index (χ3n) is 3.95. The lowest BCUT2D eigenvalue weighted by Crippen LogP contribution is -2.22. The number of rotatable bonds is 3. The van der Waals surface area contributed by atoms with Crippen LogP contribution < -0.4 is 0 Å². The summed E-state index contributed by atoms with van der Waals surface area (Å²) in [4.78, 5) is -1.05. The lowest BCUT2D eigenvalue weighted by Gasteiger charge is -2.29. The molecule has 0 aliphatic heterocycles. The van der Waals surface area contributed by atoms with E-state index in [1.165, 1.54) is 12.1 Å². The van der Waals surface area contributed by atoms with E-state index in [4.69, 9.17) is 11.6 Å². The summed E-state index contributed by atoms with van der Waals surface area (Å²) in [6, 6.07) is 23.7. The largest absolute Gasteiger partial charge is 0.416 e. The molecule has 0 amide bonds. The maximum Gasteiger partial charge on any atom is 0.416 e. The number of benzene rings is 3. The SMILES string of the molecule is FC(F)(F)c1ccc(C(Cl)(c2ccccc2)c2ccccc2)cc1. The first-order valence-electron chi connectivity index (χ1n) is 7.40. The van der Waals surface area contributed by atoms with Crippen molar-refractivity contribution in [1.82, 2.24) is 0 Å². The van der Waals surface area contributed by atoms with Gasteiger partial charge in [0, 0.05) is 0 Å². The van der Waals surface area contributed by atoms with Crippen molar-refractivity contribution in [1.29, 1.82) is 0 Å². The van der Waals surface area contributed by atoms with Crippen LogP contribution in [-0.2, 0) is 11.1 Å². The van der Waals surface area contributed by atoms with Crippen molar-refractivity contribution in [2.45, 2.75) is 11.1 Å². The molecule has 0 aliphatic rings. The van der Waals surface area contributed by atoms with E-state index in [0.717, 1.165) is 23.3 Å². The maximum absolute atomic E-state index is 12.8. The number of halogens is 4. The average molecular weight is 347 g/mol. The molecule has 0 radical (unpaired) electrons. The zero-order chi connectivity index (χ0) is 17.2. The average Bonchev–Trinajstić information content (AvgIpc) is 2.62. The lowest BCUT2D eigenvalue weighted by atomic mass is 9.84. The number of hydrogen-bond donors (Lipinski definition) is 0. The van der Waals surface area contributed by atoms with Crippen LogP contribution in [0.4, 0.5) is 13.2 Å². The van der Waals surface area contributed by atoms with Crippen LogP contribution in [0, 0.1) is 0 Å². The van der Waals surface area contributed by atoms with Gasteiger partial charge in [-0.15, -0.1) is 11.6 Å². The second-order valence-electron chi connectivity index (χ2n) is 5.47. The summed E-state index contributed by atoms with van der Waals surface area (Å²) in [5.41, 5.74) is 1.51. The van der Waals surface area contributed by atoms with Gasteiger partial charge in [-0.25, -0.2) is 0 Å². The standard InChI is InChI=1S/C20H14ClF3/c21-19(15-7-3-1-4-8-15,16-9-5-2-6-10-16)17-11-13-18(14-12-17)20(22,23)24/h1-14H. The van der Waals surface area contributed by atoms with Gasteiger partial charge in [0.25, 0.3) is 0 Å². The Morgan fingerprint density at radius 3 is 1.21 bits per heavy atom. The summed E-state index contributed by atoms with van der Waals surface area (Å²) in [6.07, 6.45) is -4.37. The van der Waals surface area contributed by atoms with Gasteiger partial charge in [-0.3, -0.25) is 0 Å². The quantitative estimate of drug-likeness (QED) is 0.389. The van der Waals surface area contributed by atoms with E-state index in [2.05, 4.69) is 0 Å². The molecule has 3 aromatic carbocycles. The van der Waals surface area contributed by atoms with E-state index in [1.807, 2.05) is 60.7 Å². The van der Waals surface area contributed by atoms with Gasteiger partial charge >= 0.3 is 6.18 Å². The fourth-order valence-corrected chi connectivity index (χ4v) is 3.10. The summed E-state index contributed by atoms with van der Waals surface area (Å²) in [5, 5.41) is 0. The zero-order valence-electron chi connectivity index (χ0n) is 12.6. The van der Waals surface area contributed by atoms with Gasteiger partial charge < -0.3 is 0 Å². The van der Waals surface area contributed by atoms with Gasteiger partial charge in [0.05, 0.1) is 5.56 Å². The van der Waals surface area contributed by atoms with Gasteiger partial charge in [-0.05, 0) is 28.8 Å². The Hall–Kier alpha value is -2.26. The minimum atomic E-state index is -4.37. The Kier molecular flexibility index (Phi) is 4.37. The maximum atomic E-state index is 12.8. The third kappa shape index (κ3) is 3.04. The molecule has 0 unspecified atom stereocenters. The van der Waals surface area contributed by atoms with Crippen molar-refractivity contribution in [3.63, 3.8) is 0 Å². The molecule has 0 heterocycles. The molecule has 0 spiro atoms. The Balaban J connectivity index is 2.16. The monoisotopic (exact) mass is 346 g/mol. The topological polar surface area (TPSA) is 0 Å². The van der Waals surface area contributed by atoms with Crippen molar-refractivity contribution in [3.8, 4) is 0 Å². The van der Waals surface area contributed by atoms with Gasteiger partial charge in [0.2, 0.25) is 0 Å². The Morgan fingerprint density at radius 2 is 0.833 bits per heavy atom. The molecule has 3 aromatic rings. The van der Waals surface area contributed by atoms with Crippen LogP contribution in [0.2, 0.25) is 0 Å².